The Balaban J connectivity index is 1.79. The second-order valence-corrected chi connectivity index (χ2v) is 7.76. The summed E-state index contributed by atoms with van der Waals surface area (Å²) < 4.78 is 11.1. The first kappa shape index (κ1) is 17.5. The summed E-state index contributed by atoms with van der Waals surface area (Å²) in [5.41, 5.74) is -0.570. The number of rotatable bonds is 5. The minimum Gasteiger partial charge on any atom is -0.444 e. The Bertz CT molecular complexity index is 375. The number of nitrogens with one attached hydrogen (secondary N) is 2. The summed E-state index contributed by atoms with van der Waals surface area (Å²) >= 11 is 0. The molecule has 5 nitrogen and oxygen atoms in total. The van der Waals surface area contributed by atoms with Crippen molar-refractivity contribution in [3.63, 3.8) is 0 Å². The monoisotopic (exact) mass is 312 g/mol. The van der Waals surface area contributed by atoms with Gasteiger partial charge in [-0.2, -0.15) is 0 Å². The predicted octanol–water partition coefficient (Wildman–Crippen LogP) is 2.98. The SMILES string of the molecule is CCC1CC(NCC2(NC(=O)OC(C)(C)C)CCC2)CCO1. The van der Waals surface area contributed by atoms with Gasteiger partial charge >= 0.3 is 6.09 Å². The molecule has 1 amide bonds. The average molecular weight is 312 g/mol. The summed E-state index contributed by atoms with van der Waals surface area (Å²) in [5, 5.41) is 6.74. The maximum absolute atomic E-state index is 12.0. The number of hydrogen-bond donors (Lipinski definition) is 2. The van der Waals surface area contributed by atoms with Crippen LogP contribution >= 0.6 is 0 Å². The van der Waals surface area contributed by atoms with E-state index in [1.807, 2.05) is 20.8 Å². The Hall–Kier alpha value is -0.810. The third kappa shape index (κ3) is 5.13. The number of hydrogen-bond acceptors (Lipinski definition) is 4. The molecule has 1 aliphatic carbocycles. The van der Waals surface area contributed by atoms with Gasteiger partial charge in [-0.1, -0.05) is 6.92 Å². The van der Waals surface area contributed by atoms with Gasteiger partial charge in [-0.15, -0.1) is 0 Å². The van der Waals surface area contributed by atoms with E-state index in [9.17, 15) is 4.79 Å². The largest absolute Gasteiger partial charge is 0.444 e. The van der Waals surface area contributed by atoms with Crippen molar-refractivity contribution in [3.8, 4) is 0 Å². The molecule has 1 heterocycles. The summed E-state index contributed by atoms with van der Waals surface area (Å²) in [6, 6.07) is 0.497. The van der Waals surface area contributed by atoms with Crippen LogP contribution in [0.2, 0.25) is 0 Å². The van der Waals surface area contributed by atoms with Crippen LogP contribution in [0.25, 0.3) is 0 Å². The summed E-state index contributed by atoms with van der Waals surface area (Å²) in [7, 11) is 0. The van der Waals surface area contributed by atoms with E-state index in [1.165, 1.54) is 6.42 Å². The fourth-order valence-corrected chi connectivity index (χ4v) is 3.16. The van der Waals surface area contributed by atoms with E-state index in [2.05, 4.69) is 17.6 Å². The van der Waals surface area contributed by atoms with E-state index in [0.29, 0.717) is 12.1 Å². The molecule has 2 N–H and O–H groups in total. The van der Waals surface area contributed by atoms with Crippen molar-refractivity contribution in [2.45, 2.75) is 89.5 Å². The summed E-state index contributed by atoms with van der Waals surface area (Å²) in [5.74, 6) is 0. The van der Waals surface area contributed by atoms with Crippen molar-refractivity contribution in [2.24, 2.45) is 0 Å². The zero-order chi connectivity index (χ0) is 16.2. The van der Waals surface area contributed by atoms with Gasteiger partial charge in [0.15, 0.2) is 0 Å². The molecule has 1 saturated carbocycles. The third-order valence-electron chi connectivity index (χ3n) is 4.63. The van der Waals surface area contributed by atoms with Crippen LogP contribution in [0.1, 0.15) is 66.2 Å². The van der Waals surface area contributed by atoms with Gasteiger partial charge in [-0.05, 0) is 59.3 Å². The molecule has 0 aromatic carbocycles. The van der Waals surface area contributed by atoms with E-state index in [-0.39, 0.29) is 11.6 Å². The molecule has 1 saturated heterocycles. The topological polar surface area (TPSA) is 59.6 Å². The Morgan fingerprint density at radius 1 is 1.36 bits per heavy atom. The average Bonchev–Trinajstić information content (AvgIpc) is 2.40. The maximum Gasteiger partial charge on any atom is 0.408 e. The highest BCUT2D eigenvalue weighted by molar-refractivity contribution is 5.69. The standard InChI is InChI=1S/C17H32N2O3/c1-5-14-11-13(7-10-21-14)18-12-17(8-6-9-17)19-15(20)22-16(2,3)4/h13-14,18H,5-12H2,1-4H3,(H,19,20). The lowest BCUT2D eigenvalue weighted by atomic mass is 9.76. The predicted molar refractivity (Wildman–Crippen MR) is 87.0 cm³/mol. The quantitative estimate of drug-likeness (QED) is 0.819. The number of carbonyl (C=O) groups is 1. The lowest BCUT2D eigenvalue weighted by Gasteiger charge is -2.44. The van der Waals surface area contributed by atoms with Crippen molar-refractivity contribution in [1.82, 2.24) is 10.6 Å². The van der Waals surface area contributed by atoms with Gasteiger partial charge in [0.05, 0.1) is 11.6 Å². The summed E-state index contributed by atoms with van der Waals surface area (Å²) in [6.45, 7) is 9.52. The van der Waals surface area contributed by atoms with Gasteiger partial charge in [0.25, 0.3) is 0 Å². The van der Waals surface area contributed by atoms with E-state index in [4.69, 9.17) is 9.47 Å². The van der Waals surface area contributed by atoms with Gasteiger partial charge in [0, 0.05) is 19.2 Å². The molecule has 2 atom stereocenters. The first-order valence-electron chi connectivity index (χ1n) is 8.68. The second kappa shape index (κ2) is 7.18. The number of ether oxygens (including phenoxy) is 2. The molecule has 2 fully saturated rings. The molecule has 22 heavy (non-hydrogen) atoms. The molecular weight excluding hydrogens is 280 g/mol. The second-order valence-electron chi connectivity index (χ2n) is 7.76. The molecule has 0 aromatic heterocycles. The minimum absolute atomic E-state index is 0.123. The highest BCUT2D eigenvalue weighted by Gasteiger charge is 2.40. The lowest BCUT2D eigenvalue weighted by molar-refractivity contribution is -0.00325. The fraction of sp³-hybridized carbons (Fsp3) is 0.941. The molecule has 0 radical (unpaired) electrons. The van der Waals surface area contributed by atoms with Crippen LogP contribution in [-0.2, 0) is 9.47 Å². The van der Waals surface area contributed by atoms with Crippen LogP contribution in [0.4, 0.5) is 4.79 Å². The first-order chi connectivity index (χ1) is 10.3. The smallest absolute Gasteiger partial charge is 0.408 e. The van der Waals surface area contributed by atoms with Gasteiger partial charge in [0.2, 0.25) is 0 Å². The molecule has 0 aromatic rings. The van der Waals surface area contributed by atoms with Crippen LogP contribution in [0.5, 0.6) is 0 Å². The van der Waals surface area contributed by atoms with Gasteiger partial charge in [-0.25, -0.2) is 4.79 Å². The molecule has 0 spiro atoms. The Morgan fingerprint density at radius 3 is 2.64 bits per heavy atom. The number of alkyl carbamates (subject to hydrolysis) is 1. The van der Waals surface area contributed by atoms with Crippen LogP contribution in [0.3, 0.4) is 0 Å². The maximum atomic E-state index is 12.0. The Labute approximate surface area is 134 Å². The molecule has 5 heteroatoms. The lowest BCUT2D eigenvalue weighted by Crippen LogP contribution is -2.61. The molecule has 2 rings (SSSR count). The normalized spacial score (nSPS) is 27.8. The third-order valence-corrected chi connectivity index (χ3v) is 4.63. The van der Waals surface area contributed by atoms with Crippen molar-refractivity contribution >= 4 is 6.09 Å². The van der Waals surface area contributed by atoms with Crippen LogP contribution in [0.15, 0.2) is 0 Å². The van der Waals surface area contributed by atoms with Crippen LogP contribution < -0.4 is 10.6 Å². The molecular formula is C17H32N2O3. The van der Waals surface area contributed by atoms with Crippen molar-refractivity contribution in [3.05, 3.63) is 0 Å². The number of carbonyl (C=O) groups excluding carboxylic acids is 1. The highest BCUT2D eigenvalue weighted by Crippen LogP contribution is 2.32. The van der Waals surface area contributed by atoms with Crippen LogP contribution in [0, 0.1) is 0 Å². The van der Waals surface area contributed by atoms with E-state index in [1.54, 1.807) is 0 Å². The molecule has 128 valence electrons. The zero-order valence-corrected chi connectivity index (χ0v) is 14.5. The van der Waals surface area contributed by atoms with E-state index in [0.717, 1.165) is 45.3 Å². The van der Waals surface area contributed by atoms with Gasteiger partial charge in [0.1, 0.15) is 5.60 Å². The summed E-state index contributed by atoms with van der Waals surface area (Å²) in [4.78, 5) is 12.0. The molecule has 2 unspecified atom stereocenters. The van der Waals surface area contributed by atoms with Crippen molar-refractivity contribution < 1.29 is 14.3 Å². The fourth-order valence-electron chi connectivity index (χ4n) is 3.16. The Kier molecular flexibility index (Phi) is 5.72. The van der Waals surface area contributed by atoms with Gasteiger partial charge in [-0.3, -0.25) is 0 Å². The van der Waals surface area contributed by atoms with E-state index >= 15 is 0 Å². The van der Waals surface area contributed by atoms with Crippen molar-refractivity contribution in [2.75, 3.05) is 13.2 Å². The zero-order valence-electron chi connectivity index (χ0n) is 14.5. The van der Waals surface area contributed by atoms with Gasteiger partial charge < -0.3 is 20.1 Å². The highest BCUT2D eigenvalue weighted by atomic mass is 16.6. The van der Waals surface area contributed by atoms with Crippen LogP contribution in [-0.4, -0.2) is 42.5 Å². The minimum atomic E-state index is -0.447. The molecule has 2 aliphatic rings. The first-order valence-corrected chi connectivity index (χ1v) is 8.68. The molecule has 0 bridgehead atoms. The Morgan fingerprint density at radius 2 is 2.09 bits per heavy atom. The van der Waals surface area contributed by atoms with E-state index < -0.39 is 5.60 Å². The van der Waals surface area contributed by atoms with Crippen molar-refractivity contribution in [1.29, 1.82) is 0 Å². The summed E-state index contributed by atoms with van der Waals surface area (Å²) in [6.07, 6.45) is 6.49. The molecule has 1 aliphatic heterocycles. The number of amides is 1.